The zero-order valence-electron chi connectivity index (χ0n) is 13.4. The number of para-hydroxylation sites is 2. The normalized spacial score (nSPS) is 13.0. The Morgan fingerprint density at radius 3 is 2.40 bits per heavy atom. The molecule has 1 N–H and O–H groups in total. The van der Waals surface area contributed by atoms with E-state index in [0.29, 0.717) is 16.9 Å². The van der Waals surface area contributed by atoms with E-state index in [4.69, 9.17) is 0 Å². The predicted octanol–water partition coefficient (Wildman–Crippen LogP) is 3.73. The largest absolute Gasteiger partial charge is 0.397 e. The number of alkyl halides is 3. The number of hydrogen-bond acceptors (Lipinski definition) is 2. The lowest BCUT2D eigenvalue weighted by atomic mass is 10.1. The second-order valence-corrected chi connectivity index (χ2v) is 5.72. The maximum Gasteiger partial charge on any atom is 0.397 e. The van der Waals surface area contributed by atoms with Gasteiger partial charge in [-0.1, -0.05) is 42.5 Å². The van der Waals surface area contributed by atoms with Gasteiger partial charge in [0.15, 0.2) is 0 Å². The number of halogens is 3. The monoisotopic (exact) mass is 347 g/mol. The predicted molar refractivity (Wildman–Crippen MR) is 87.8 cm³/mol. The summed E-state index contributed by atoms with van der Waals surface area (Å²) in [5, 5.41) is 2.47. The van der Waals surface area contributed by atoms with Crippen LogP contribution in [0.4, 0.5) is 13.2 Å². The van der Waals surface area contributed by atoms with Crippen molar-refractivity contribution in [2.24, 2.45) is 7.05 Å². The van der Waals surface area contributed by atoms with Gasteiger partial charge in [-0.15, -0.1) is 0 Å². The molecule has 0 aliphatic carbocycles. The van der Waals surface area contributed by atoms with E-state index in [2.05, 4.69) is 10.3 Å². The highest BCUT2D eigenvalue weighted by Crippen LogP contribution is 2.26. The number of imidazole rings is 1. The lowest BCUT2D eigenvalue weighted by molar-refractivity contribution is -0.154. The lowest BCUT2D eigenvalue weighted by Gasteiger charge is -2.19. The lowest BCUT2D eigenvalue weighted by Crippen LogP contribution is -2.34. The number of carbonyl (C=O) groups is 1. The van der Waals surface area contributed by atoms with Gasteiger partial charge in [0.1, 0.15) is 18.3 Å². The Bertz CT molecular complexity index is 887. The Balaban J connectivity index is 2.02. The van der Waals surface area contributed by atoms with Gasteiger partial charge in [0.25, 0.3) is 0 Å². The summed E-state index contributed by atoms with van der Waals surface area (Å²) < 4.78 is 39.4. The standard InChI is InChI=1S/C18H16F3N3O/c1-24-14-10-6-5-9-13(14)22-17(24)16(12-7-3-2-4-8-12)23-15(25)11-18(19,20)21/h2-10,16H,11H2,1H3,(H,23,25)/t16-/m0/s1. The number of hydrogen-bond donors (Lipinski definition) is 1. The summed E-state index contributed by atoms with van der Waals surface area (Å²) in [6.07, 6.45) is -6.09. The van der Waals surface area contributed by atoms with Gasteiger partial charge in [-0.3, -0.25) is 4.79 Å². The highest BCUT2D eigenvalue weighted by molar-refractivity contribution is 5.79. The van der Waals surface area contributed by atoms with Crippen molar-refractivity contribution in [2.75, 3.05) is 0 Å². The van der Waals surface area contributed by atoms with E-state index < -0.39 is 24.5 Å². The first kappa shape index (κ1) is 17.0. The summed E-state index contributed by atoms with van der Waals surface area (Å²) in [7, 11) is 1.77. The minimum atomic E-state index is -4.56. The average molecular weight is 347 g/mol. The second-order valence-electron chi connectivity index (χ2n) is 5.72. The number of rotatable bonds is 4. The van der Waals surface area contributed by atoms with Gasteiger partial charge in [0.2, 0.25) is 5.91 Å². The van der Waals surface area contributed by atoms with Gasteiger partial charge in [-0.05, 0) is 17.7 Å². The number of fused-ring (bicyclic) bond motifs is 1. The van der Waals surface area contributed by atoms with Crippen LogP contribution in [0.15, 0.2) is 54.6 Å². The topological polar surface area (TPSA) is 46.9 Å². The van der Waals surface area contributed by atoms with Crippen molar-refractivity contribution in [3.63, 3.8) is 0 Å². The molecule has 25 heavy (non-hydrogen) atoms. The molecular weight excluding hydrogens is 331 g/mol. The van der Waals surface area contributed by atoms with Crippen LogP contribution in [0.5, 0.6) is 0 Å². The molecule has 4 nitrogen and oxygen atoms in total. The van der Waals surface area contributed by atoms with Crippen molar-refractivity contribution in [1.82, 2.24) is 14.9 Å². The minimum absolute atomic E-state index is 0.475. The number of nitrogens with one attached hydrogen (secondary N) is 1. The SMILES string of the molecule is Cn1c([C@@H](NC(=O)CC(F)(F)F)c2ccccc2)nc2ccccc21. The molecule has 1 atom stereocenters. The van der Waals surface area contributed by atoms with Gasteiger partial charge in [-0.2, -0.15) is 13.2 Å². The average Bonchev–Trinajstić information content (AvgIpc) is 2.89. The molecule has 0 aliphatic rings. The van der Waals surface area contributed by atoms with Crippen LogP contribution in [0.3, 0.4) is 0 Å². The van der Waals surface area contributed by atoms with Gasteiger partial charge in [0.05, 0.1) is 11.0 Å². The van der Waals surface area contributed by atoms with Crippen LogP contribution in [0, 0.1) is 0 Å². The summed E-state index contributed by atoms with van der Waals surface area (Å²) in [6.45, 7) is 0. The maximum atomic E-state index is 12.5. The highest BCUT2D eigenvalue weighted by atomic mass is 19.4. The molecule has 0 unspecified atom stereocenters. The molecule has 7 heteroatoms. The van der Waals surface area contributed by atoms with Crippen molar-refractivity contribution < 1.29 is 18.0 Å². The molecule has 1 heterocycles. The van der Waals surface area contributed by atoms with Crippen LogP contribution in [0.1, 0.15) is 23.9 Å². The fraction of sp³-hybridized carbons (Fsp3) is 0.222. The fourth-order valence-electron chi connectivity index (χ4n) is 2.76. The van der Waals surface area contributed by atoms with Crippen LogP contribution in [-0.4, -0.2) is 21.6 Å². The van der Waals surface area contributed by atoms with Crippen LogP contribution in [0.25, 0.3) is 11.0 Å². The van der Waals surface area contributed by atoms with E-state index in [-0.39, 0.29) is 0 Å². The van der Waals surface area contributed by atoms with E-state index >= 15 is 0 Å². The minimum Gasteiger partial charge on any atom is -0.342 e. The Kier molecular flexibility index (Phi) is 4.48. The van der Waals surface area contributed by atoms with Gasteiger partial charge in [0, 0.05) is 7.05 Å². The van der Waals surface area contributed by atoms with E-state index in [9.17, 15) is 18.0 Å². The summed E-state index contributed by atoms with van der Waals surface area (Å²) in [5.74, 6) is -0.615. The van der Waals surface area contributed by atoms with Crippen molar-refractivity contribution in [3.8, 4) is 0 Å². The summed E-state index contributed by atoms with van der Waals surface area (Å²) in [5.41, 5.74) is 2.21. The first-order valence-corrected chi connectivity index (χ1v) is 7.67. The van der Waals surface area contributed by atoms with Crippen LogP contribution < -0.4 is 5.32 Å². The highest BCUT2D eigenvalue weighted by Gasteiger charge is 2.33. The molecule has 0 spiro atoms. The van der Waals surface area contributed by atoms with E-state index in [1.54, 1.807) is 41.9 Å². The zero-order chi connectivity index (χ0) is 18.0. The molecule has 1 amide bonds. The quantitative estimate of drug-likeness (QED) is 0.782. The summed E-state index contributed by atoms with van der Waals surface area (Å²) in [6, 6.07) is 15.4. The van der Waals surface area contributed by atoms with E-state index in [0.717, 1.165) is 5.52 Å². The molecule has 0 saturated carbocycles. The van der Waals surface area contributed by atoms with E-state index in [1.807, 2.05) is 24.3 Å². The molecule has 3 aromatic rings. The fourth-order valence-corrected chi connectivity index (χ4v) is 2.76. The Morgan fingerprint density at radius 1 is 1.12 bits per heavy atom. The second kappa shape index (κ2) is 6.58. The zero-order valence-corrected chi connectivity index (χ0v) is 13.4. The number of benzene rings is 2. The number of aromatic nitrogens is 2. The Hall–Kier alpha value is -2.83. The molecule has 0 saturated heterocycles. The van der Waals surface area contributed by atoms with Gasteiger partial charge < -0.3 is 9.88 Å². The molecule has 0 fully saturated rings. The van der Waals surface area contributed by atoms with Gasteiger partial charge in [-0.25, -0.2) is 4.98 Å². The molecule has 130 valence electrons. The number of carbonyl (C=O) groups excluding carboxylic acids is 1. The molecule has 0 bridgehead atoms. The van der Waals surface area contributed by atoms with Crippen LogP contribution >= 0.6 is 0 Å². The molecule has 2 aromatic carbocycles. The number of nitrogens with zero attached hydrogens (tertiary/aromatic N) is 2. The Labute approximate surface area is 142 Å². The first-order chi connectivity index (χ1) is 11.8. The summed E-state index contributed by atoms with van der Waals surface area (Å²) >= 11 is 0. The molecule has 0 aliphatic heterocycles. The smallest absolute Gasteiger partial charge is 0.342 e. The summed E-state index contributed by atoms with van der Waals surface area (Å²) in [4.78, 5) is 16.4. The van der Waals surface area contributed by atoms with Crippen molar-refractivity contribution in [3.05, 3.63) is 66.0 Å². The molecule has 3 rings (SSSR count). The van der Waals surface area contributed by atoms with Crippen molar-refractivity contribution in [1.29, 1.82) is 0 Å². The molecule has 0 radical (unpaired) electrons. The van der Waals surface area contributed by atoms with Crippen molar-refractivity contribution in [2.45, 2.75) is 18.6 Å². The number of aryl methyl sites for hydroxylation is 1. The van der Waals surface area contributed by atoms with Gasteiger partial charge >= 0.3 is 6.18 Å². The van der Waals surface area contributed by atoms with Crippen LogP contribution in [-0.2, 0) is 11.8 Å². The van der Waals surface area contributed by atoms with Crippen molar-refractivity contribution >= 4 is 16.9 Å². The third-order valence-electron chi connectivity index (χ3n) is 3.88. The first-order valence-electron chi connectivity index (χ1n) is 7.67. The van der Waals surface area contributed by atoms with Crippen LogP contribution in [0.2, 0.25) is 0 Å². The maximum absolute atomic E-state index is 12.5. The number of amides is 1. The molecule has 1 aromatic heterocycles. The molecular formula is C18H16F3N3O. The Morgan fingerprint density at radius 2 is 1.76 bits per heavy atom. The third-order valence-corrected chi connectivity index (χ3v) is 3.88. The third kappa shape index (κ3) is 3.81. The van der Waals surface area contributed by atoms with E-state index in [1.165, 1.54) is 0 Å².